The number of cyclic esters (lactones) is 1. The largest absolute Gasteiger partial charge is 0.423 e. The van der Waals surface area contributed by atoms with Crippen molar-refractivity contribution in [2.75, 3.05) is 0 Å². The normalized spacial score (nSPS) is 14.4. The molecule has 0 saturated carbocycles. The first kappa shape index (κ1) is 18.4. The number of carbonyl (C=O) groups is 2. The monoisotopic (exact) mass is 383 g/mol. The van der Waals surface area contributed by atoms with Crippen LogP contribution in [0, 0.1) is 6.92 Å². The molecule has 29 heavy (non-hydrogen) atoms. The lowest BCUT2D eigenvalue weighted by Gasteiger charge is -2.04. The summed E-state index contributed by atoms with van der Waals surface area (Å²) in [4.78, 5) is 28.6. The van der Waals surface area contributed by atoms with E-state index in [1.54, 1.807) is 54.6 Å². The van der Waals surface area contributed by atoms with Crippen LogP contribution in [0.5, 0.6) is 5.75 Å². The molecule has 0 aliphatic carbocycles. The van der Waals surface area contributed by atoms with Crippen molar-refractivity contribution >= 4 is 23.9 Å². The molecular formula is C24H17NO4. The number of rotatable bonds is 4. The summed E-state index contributed by atoms with van der Waals surface area (Å²) in [5, 5.41) is 0. The summed E-state index contributed by atoms with van der Waals surface area (Å²) < 4.78 is 10.7. The van der Waals surface area contributed by atoms with Crippen LogP contribution in [0.15, 0.2) is 89.6 Å². The third kappa shape index (κ3) is 4.14. The first-order valence-electron chi connectivity index (χ1n) is 9.06. The molecule has 0 spiro atoms. The van der Waals surface area contributed by atoms with E-state index in [2.05, 4.69) is 4.99 Å². The molecule has 1 aliphatic heterocycles. The van der Waals surface area contributed by atoms with Crippen molar-refractivity contribution in [1.29, 1.82) is 0 Å². The van der Waals surface area contributed by atoms with Gasteiger partial charge in [-0.3, -0.25) is 0 Å². The topological polar surface area (TPSA) is 65.0 Å². The molecule has 1 aliphatic rings. The minimum atomic E-state index is -0.497. The molecule has 0 fully saturated rings. The van der Waals surface area contributed by atoms with Crippen molar-refractivity contribution in [3.8, 4) is 5.75 Å². The molecule has 0 amide bonds. The van der Waals surface area contributed by atoms with Gasteiger partial charge in [0.2, 0.25) is 5.90 Å². The Hall–Kier alpha value is -3.99. The highest BCUT2D eigenvalue weighted by atomic mass is 16.6. The zero-order valence-corrected chi connectivity index (χ0v) is 15.7. The predicted molar refractivity (Wildman–Crippen MR) is 110 cm³/mol. The Labute approximate surface area is 167 Å². The Morgan fingerprint density at radius 1 is 0.931 bits per heavy atom. The maximum atomic E-state index is 12.2. The van der Waals surface area contributed by atoms with E-state index in [-0.39, 0.29) is 5.70 Å². The smallest absolute Gasteiger partial charge is 0.363 e. The Kier molecular flexibility index (Phi) is 5.03. The molecule has 3 aromatic rings. The molecular weight excluding hydrogens is 366 g/mol. The van der Waals surface area contributed by atoms with Crippen LogP contribution < -0.4 is 4.74 Å². The molecule has 5 heteroatoms. The van der Waals surface area contributed by atoms with Crippen molar-refractivity contribution < 1.29 is 19.1 Å². The van der Waals surface area contributed by atoms with Crippen molar-refractivity contribution in [3.63, 3.8) is 0 Å². The summed E-state index contributed by atoms with van der Waals surface area (Å²) in [6, 6.07) is 23.2. The SMILES string of the molecule is Cc1ccccc1C1=NC(=Cc2ccc(OC(=O)c3ccccc3)cc2)C(=O)O1. The fourth-order valence-corrected chi connectivity index (χ4v) is 2.87. The Morgan fingerprint density at radius 3 is 2.34 bits per heavy atom. The Morgan fingerprint density at radius 2 is 1.62 bits per heavy atom. The van der Waals surface area contributed by atoms with Crippen molar-refractivity contribution in [1.82, 2.24) is 0 Å². The molecule has 0 N–H and O–H groups in total. The van der Waals surface area contributed by atoms with Crippen LogP contribution in [0.1, 0.15) is 27.0 Å². The predicted octanol–water partition coefficient (Wildman–Crippen LogP) is 4.56. The fraction of sp³-hybridized carbons (Fsp3) is 0.0417. The van der Waals surface area contributed by atoms with Gasteiger partial charge < -0.3 is 9.47 Å². The highest BCUT2D eigenvalue weighted by Gasteiger charge is 2.24. The van der Waals surface area contributed by atoms with Crippen LogP contribution >= 0.6 is 0 Å². The van der Waals surface area contributed by atoms with Gasteiger partial charge in [0.05, 0.1) is 5.56 Å². The molecule has 0 bridgehead atoms. The van der Waals surface area contributed by atoms with Crippen LogP contribution in [0.4, 0.5) is 0 Å². The van der Waals surface area contributed by atoms with Crippen LogP contribution in [0.3, 0.4) is 0 Å². The maximum Gasteiger partial charge on any atom is 0.363 e. The number of hydrogen-bond donors (Lipinski definition) is 0. The maximum absolute atomic E-state index is 12.2. The number of aryl methyl sites for hydroxylation is 1. The highest BCUT2D eigenvalue weighted by molar-refractivity contribution is 6.13. The summed E-state index contributed by atoms with van der Waals surface area (Å²) in [5.74, 6) is -0.210. The first-order valence-corrected chi connectivity index (χ1v) is 9.06. The lowest BCUT2D eigenvalue weighted by molar-refractivity contribution is -0.129. The number of hydrogen-bond acceptors (Lipinski definition) is 5. The second kappa shape index (κ2) is 7.94. The van der Waals surface area contributed by atoms with Gasteiger partial charge in [0, 0.05) is 5.56 Å². The van der Waals surface area contributed by atoms with Gasteiger partial charge in [-0.25, -0.2) is 14.6 Å². The van der Waals surface area contributed by atoms with Gasteiger partial charge in [0.25, 0.3) is 0 Å². The summed E-state index contributed by atoms with van der Waals surface area (Å²) in [5.41, 5.74) is 3.20. The third-order valence-electron chi connectivity index (χ3n) is 4.40. The molecule has 1 heterocycles. The fourth-order valence-electron chi connectivity index (χ4n) is 2.87. The first-order chi connectivity index (χ1) is 14.1. The van der Waals surface area contributed by atoms with Crippen molar-refractivity contribution in [3.05, 3.63) is 107 Å². The van der Waals surface area contributed by atoms with Gasteiger partial charge in [0.1, 0.15) is 5.75 Å². The molecule has 0 radical (unpaired) electrons. The molecule has 3 aromatic carbocycles. The quantitative estimate of drug-likeness (QED) is 0.376. The number of esters is 2. The van der Waals surface area contributed by atoms with Crippen LogP contribution in [0.25, 0.3) is 6.08 Å². The standard InChI is InChI=1S/C24H17NO4/c1-16-7-5-6-10-20(16)22-25-21(24(27)29-22)15-17-11-13-19(14-12-17)28-23(26)18-8-3-2-4-9-18/h2-15H,1H3. The number of benzene rings is 3. The lowest BCUT2D eigenvalue weighted by Crippen LogP contribution is -2.08. The van der Waals surface area contributed by atoms with Gasteiger partial charge in [-0.05, 0) is 54.5 Å². The summed E-state index contributed by atoms with van der Waals surface area (Å²) in [6.07, 6.45) is 1.64. The second-order valence-corrected chi connectivity index (χ2v) is 6.48. The van der Waals surface area contributed by atoms with Gasteiger partial charge >= 0.3 is 11.9 Å². The van der Waals surface area contributed by atoms with E-state index >= 15 is 0 Å². The molecule has 0 unspecified atom stereocenters. The van der Waals surface area contributed by atoms with Crippen LogP contribution in [0.2, 0.25) is 0 Å². The average molecular weight is 383 g/mol. The number of carbonyl (C=O) groups excluding carboxylic acids is 2. The van der Waals surface area contributed by atoms with Crippen LogP contribution in [-0.2, 0) is 9.53 Å². The van der Waals surface area contributed by atoms with Crippen molar-refractivity contribution in [2.45, 2.75) is 6.92 Å². The highest BCUT2D eigenvalue weighted by Crippen LogP contribution is 2.22. The summed E-state index contributed by atoms with van der Waals surface area (Å²) in [7, 11) is 0. The van der Waals surface area contributed by atoms with Gasteiger partial charge in [0.15, 0.2) is 5.70 Å². The van der Waals surface area contributed by atoms with E-state index in [0.717, 1.165) is 16.7 Å². The lowest BCUT2D eigenvalue weighted by atomic mass is 10.1. The number of ether oxygens (including phenoxy) is 2. The zero-order chi connectivity index (χ0) is 20.2. The van der Waals surface area contributed by atoms with Crippen molar-refractivity contribution in [2.24, 2.45) is 4.99 Å². The van der Waals surface area contributed by atoms with E-state index in [0.29, 0.717) is 17.2 Å². The number of aliphatic imine (C=N–C) groups is 1. The van der Waals surface area contributed by atoms with E-state index < -0.39 is 11.9 Å². The zero-order valence-electron chi connectivity index (χ0n) is 15.7. The van der Waals surface area contributed by atoms with Gasteiger partial charge in [-0.1, -0.05) is 48.5 Å². The van der Waals surface area contributed by atoms with E-state index in [9.17, 15) is 9.59 Å². The van der Waals surface area contributed by atoms with Gasteiger partial charge in [-0.15, -0.1) is 0 Å². The third-order valence-corrected chi connectivity index (χ3v) is 4.40. The molecule has 142 valence electrons. The number of nitrogens with zero attached hydrogens (tertiary/aromatic N) is 1. The molecule has 5 nitrogen and oxygen atoms in total. The second-order valence-electron chi connectivity index (χ2n) is 6.48. The minimum absolute atomic E-state index is 0.220. The van der Waals surface area contributed by atoms with Gasteiger partial charge in [-0.2, -0.15) is 0 Å². The molecule has 0 aromatic heterocycles. The average Bonchev–Trinajstić information content (AvgIpc) is 3.10. The van der Waals surface area contributed by atoms with Crippen LogP contribution in [-0.4, -0.2) is 17.8 Å². The molecule has 0 saturated heterocycles. The minimum Gasteiger partial charge on any atom is -0.423 e. The van der Waals surface area contributed by atoms with E-state index in [1.807, 2.05) is 37.3 Å². The molecule has 0 atom stereocenters. The summed E-state index contributed by atoms with van der Waals surface area (Å²) >= 11 is 0. The Balaban J connectivity index is 1.51. The summed E-state index contributed by atoms with van der Waals surface area (Å²) in [6.45, 7) is 1.93. The van der Waals surface area contributed by atoms with E-state index in [4.69, 9.17) is 9.47 Å². The van der Waals surface area contributed by atoms with E-state index in [1.165, 1.54) is 0 Å². The Bertz CT molecular complexity index is 1130. The molecule has 4 rings (SSSR count).